The van der Waals surface area contributed by atoms with E-state index in [4.69, 9.17) is 9.47 Å². The standard InChI is InChI=1S/C16H14FNO3S/c1-8-6-9-11(18-8)7-10(16(21-3)14(9)17)15(19)12-4-5-13(20-2)22-12/h4-6H,7H2,1-3H3. The molecule has 0 radical (unpaired) electrons. The van der Waals surface area contributed by atoms with E-state index in [0.717, 1.165) is 5.70 Å². The molecule has 0 fully saturated rings. The lowest BCUT2D eigenvalue weighted by atomic mass is 9.91. The molecule has 3 rings (SSSR count). The van der Waals surface area contributed by atoms with Gasteiger partial charge in [0.25, 0.3) is 0 Å². The van der Waals surface area contributed by atoms with Crippen LogP contribution < -0.4 is 4.74 Å². The topological polar surface area (TPSA) is 47.9 Å². The number of fused-ring (bicyclic) bond motifs is 1. The fourth-order valence-corrected chi connectivity index (χ4v) is 3.31. The average Bonchev–Trinajstić information content (AvgIpc) is 3.12. The van der Waals surface area contributed by atoms with Gasteiger partial charge in [-0.3, -0.25) is 9.79 Å². The first-order chi connectivity index (χ1) is 10.5. The predicted molar refractivity (Wildman–Crippen MR) is 83.2 cm³/mol. The lowest BCUT2D eigenvalue weighted by Gasteiger charge is -2.18. The van der Waals surface area contributed by atoms with E-state index in [9.17, 15) is 9.18 Å². The molecule has 1 aromatic rings. The van der Waals surface area contributed by atoms with Crippen molar-refractivity contribution in [3.05, 3.63) is 51.5 Å². The van der Waals surface area contributed by atoms with E-state index >= 15 is 0 Å². The van der Waals surface area contributed by atoms with Crippen molar-refractivity contribution in [3.8, 4) is 5.06 Å². The van der Waals surface area contributed by atoms with Crippen molar-refractivity contribution in [3.63, 3.8) is 0 Å². The van der Waals surface area contributed by atoms with Crippen molar-refractivity contribution in [1.82, 2.24) is 0 Å². The molecule has 4 nitrogen and oxygen atoms in total. The molecule has 1 aromatic heterocycles. The molecule has 0 saturated heterocycles. The number of methoxy groups -OCH3 is 2. The van der Waals surface area contributed by atoms with E-state index in [-0.39, 0.29) is 23.5 Å². The zero-order valence-corrected chi connectivity index (χ0v) is 13.2. The number of carbonyl (C=O) groups is 1. The van der Waals surface area contributed by atoms with E-state index in [2.05, 4.69) is 4.99 Å². The van der Waals surface area contributed by atoms with Crippen LogP contribution in [0.2, 0.25) is 0 Å². The van der Waals surface area contributed by atoms with Gasteiger partial charge in [0.1, 0.15) is 0 Å². The van der Waals surface area contributed by atoms with Crippen LogP contribution in [0.4, 0.5) is 4.39 Å². The Labute approximate surface area is 131 Å². The molecule has 1 aliphatic carbocycles. The fourth-order valence-electron chi connectivity index (χ4n) is 2.52. The Morgan fingerprint density at radius 2 is 2.09 bits per heavy atom. The Balaban J connectivity index is 2.04. The van der Waals surface area contributed by atoms with Crippen LogP contribution in [-0.4, -0.2) is 25.7 Å². The highest BCUT2D eigenvalue weighted by Gasteiger charge is 2.33. The third-order valence-corrected chi connectivity index (χ3v) is 4.56. The highest BCUT2D eigenvalue weighted by molar-refractivity contribution is 7.16. The molecule has 0 aromatic carbocycles. The van der Waals surface area contributed by atoms with Crippen LogP contribution >= 0.6 is 11.3 Å². The quantitative estimate of drug-likeness (QED) is 0.793. The molecule has 1 aliphatic heterocycles. The van der Waals surface area contributed by atoms with Crippen molar-refractivity contribution in [2.75, 3.05) is 14.2 Å². The van der Waals surface area contributed by atoms with Gasteiger partial charge in [0.15, 0.2) is 16.6 Å². The molecule has 2 heterocycles. The summed E-state index contributed by atoms with van der Waals surface area (Å²) in [5, 5.41) is 0.631. The SMILES string of the molecule is COC1=C(C(=O)c2ccc(OC)s2)CC2=NC(C)=CC2=C1F. The normalized spacial score (nSPS) is 17.3. The maximum Gasteiger partial charge on any atom is 0.203 e. The van der Waals surface area contributed by atoms with Crippen LogP contribution in [0.15, 0.2) is 51.6 Å². The Hall–Kier alpha value is -2.21. The molecule has 0 atom stereocenters. The maximum absolute atomic E-state index is 14.6. The van der Waals surface area contributed by atoms with E-state index in [1.807, 2.05) is 0 Å². The minimum atomic E-state index is -0.531. The highest BCUT2D eigenvalue weighted by atomic mass is 32.1. The van der Waals surface area contributed by atoms with Gasteiger partial charge in [-0.15, -0.1) is 0 Å². The minimum Gasteiger partial charge on any atom is -0.493 e. The third-order valence-electron chi connectivity index (χ3n) is 3.51. The summed E-state index contributed by atoms with van der Waals surface area (Å²) < 4.78 is 24.8. The van der Waals surface area contributed by atoms with Gasteiger partial charge in [-0.25, -0.2) is 4.39 Å². The Morgan fingerprint density at radius 1 is 1.32 bits per heavy atom. The van der Waals surface area contributed by atoms with E-state index < -0.39 is 5.83 Å². The van der Waals surface area contributed by atoms with Crippen molar-refractivity contribution in [1.29, 1.82) is 0 Å². The second-order valence-corrected chi connectivity index (χ2v) is 5.96. The number of Topliss-reactive ketones (excluding diaryl/α,β-unsaturated/α-hetero) is 1. The minimum absolute atomic E-state index is 0.00253. The van der Waals surface area contributed by atoms with Crippen molar-refractivity contribution >= 4 is 22.8 Å². The summed E-state index contributed by atoms with van der Waals surface area (Å²) >= 11 is 1.22. The lowest BCUT2D eigenvalue weighted by Crippen LogP contribution is -2.17. The number of rotatable bonds is 4. The van der Waals surface area contributed by atoms with Crippen LogP contribution in [0.25, 0.3) is 0 Å². The fraction of sp³-hybridized carbons (Fsp3) is 0.250. The first-order valence-electron chi connectivity index (χ1n) is 6.67. The van der Waals surface area contributed by atoms with E-state index in [1.165, 1.54) is 25.6 Å². The molecule has 0 amide bonds. The summed E-state index contributed by atoms with van der Waals surface area (Å²) in [7, 11) is 2.91. The Kier molecular flexibility index (Phi) is 3.70. The molecule has 22 heavy (non-hydrogen) atoms. The molecule has 2 aliphatic rings. The zero-order chi connectivity index (χ0) is 15.9. The summed E-state index contributed by atoms with van der Waals surface area (Å²) in [6, 6.07) is 3.38. The lowest BCUT2D eigenvalue weighted by molar-refractivity contribution is 0.102. The van der Waals surface area contributed by atoms with Gasteiger partial charge in [-0.05, 0) is 25.1 Å². The van der Waals surface area contributed by atoms with Crippen molar-refractivity contribution < 1.29 is 18.7 Å². The van der Waals surface area contributed by atoms with Crippen LogP contribution in [0, 0.1) is 0 Å². The number of halogens is 1. The van der Waals surface area contributed by atoms with Crippen molar-refractivity contribution in [2.24, 2.45) is 4.99 Å². The number of nitrogens with zero attached hydrogens (tertiary/aromatic N) is 1. The van der Waals surface area contributed by atoms with Gasteiger partial charge >= 0.3 is 0 Å². The predicted octanol–water partition coefficient (Wildman–Crippen LogP) is 3.83. The molecule has 6 heteroatoms. The van der Waals surface area contributed by atoms with Crippen LogP contribution in [0.3, 0.4) is 0 Å². The van der Waals surface area contributed by atoms with Gasteiger partial charge in [-0.1, -0.05) is 11.3 Å². The molecule has 0 saturated carbocycles. The first kappa shape index (κ1) is 14.7. The van der Waals surface area contributed by atoms with Gasteiger partial charge < -0.3 is 9.47 Å². The smallest absolute Gasteiger partial charge is 0.203 e. The average molecular weight is 319 g/mol. The van der Waals surface area contributed by atoms with Crippen LogP contribution in [0.1, 0.15) is 23.0 Å². The summed E-state index contributed by atoms with van der Waals surface area (Å²) in [6.45, 7) is 1.80. The van der Waals surface area contributed by atoms with Crippen LogP contribution in [0.5, 0.6) is 5.06 Å². The molecule has 114 valence electrons. The van der Waals surface area contributed by atoms with Crippen molar-refractivity contribution in [2.45, 2.75) is 13.3 Å². The summed E-state index contributed by atoms with van der Waals surface area (Å²) in [6.07, 6.45) is 1.93. The van der Waals surface area contributed by atoms with Crippen LogP contribution in [-0.2, 0) is 4.74 Å². The monoisotopic (exact) mass is 319 g/mol. The Morgan fingerprint density at radius 3 is 2.73 bits per heavy atom. The molecular formula is C16H14FNO3S. The second-order valence-electron chi connectivity index (χ2n) is 4.91. The highest BCUT2D eigenvalue weighted by Crippen LogP contribution is 2.37. The number of carbonyl (C=O) groups excluding carboxylic acids is 1. The third kappa shape index (κ3) is 2.29. The van der Waals surface area contributed by atoms with Gasteiger partial charge in [0.2, 0.25) is 5.78 Å². The van der Waals surface area contributed by atoms with Gasteiger partial charge in [0.05, 0.1) is 30.4 Å². The largest absolute Gasteiger partial charge is 0.493 e. The maximum atomic E-state index is 14.6. The number of ether oxygens (including phenoxy) is 2. The number of thiophene rings is 1. The second kappa shape index (κ2) is 5.53. The number of hydrogen-bond donors (Lipinski definition) is 0. The first-order valence-corrected chi connectivity index (χ1v) is 7.48. The number of allylic oxidation sites excluding steroid dienone is 5. The molecule has 0 bridgehead atoms. The molecule has 0 spiro atoms. The number of aliphatic imine (C=N–C) groups is 1. The summed E-state index contributed by atoms with van der Waals surface area (Å²) in [5.41, 5.74) is 1.99. The number of ketones is 1. The summed E-state index contributed by atoms with van der Waals surface area (Å²) in [5.74, 6) is -0.792. The molecule has 0 N–H and O–H groups in total. The Bertz CT molecular complexity index is 783. The van der Waals surface area contributed by atoms with Gasteiger partial charge in [-0.2, -0.15) is 0 Å². The zero-order valence-electron chi connectivity index (χ0n) is 12.4. The van der Waals surface area contributed by atoms with Gasteiger partial charge in [0, 0.05) is 17.7 Å². The molecule has 0 unspecified atom stereocenters. The molecular weight excluding hydrogens is 305 g/mol. The van der Waals surface area contributed by atoms with E-state index in [0.29, 0.717) is 21.2 Å². The number of hydrogen-bond acceptors (Lipinski definition) is 5. The van der Waals surface area contributed by atoms with E-state index in [1.54, 1.807) is 25.1 Å². The summed E-state index contributed by atoms with van der Waals surface area (Å²) in [4.78, 5) is 17.5.